The van der Waals surface area contributed by atoms with E-state index in [0.29, 0.717) is 58.0 Å². The predicted octanol–water partition coefficient (Wildman–Crippen LogP) is 4.34. The van der Waals surface area contributed by atoms with Crippen molar-refractivity contribution in [2.45, 2.75) is 25.8 Å². The van der Waals surface area contributed by atoms with Crippen molar-refractivity contribution in [2.75, 3.05) is 26.1 Å². The second kappa shape index (κ2) is 11.8. The molecule has 2 aromatic heterocycles. The highest BCUT2D eigenvalue weighted by Gasteiger charge is 2.21. The van der Waals surface area contributed by atoms with Crippen molar-refractivity contribution in [3.05, 3.63) is 76.2 Å². The second-order valence-electron chi connectivity index (χ2n) is 8.07. The molecular weight excluding hydrogens is 487 g/mol. The van der Waals surface area contributed by atoms with E-state index in [1.165, 1.54) is 26.4 Å². The van der Waals surface area contributed by atoms with Gasteiger partial charge >= 0.3 is 0 Å². The molecule has 190 valence electrons. The number of rotatable bonds is 9. The van der Waals surface area contributed by atoms with Gasteiger partial charge in [-0.2, -0.15) is 0 Å². The van der Waals surface area contributed by atoms with Gasteiger partial charge in [0.25, 0.3) is 5.56 Å². The van der Waals surface area contributed by atoms with Gasteiger partial charge in [0.05, 0.1) is 31.9 Å². The zero-order chi connectivity index (χ0) is 24.9. The van der Waals surface area contributed by atoms with Crippen molar-refractivity contribution in [1.29, 1.82) is 0 Å². The summed E-state index contributed by atoms with van der Waals surface area (Å²) in [6.07, 6.45) is 2.65. The molecule has 0 saturated heterocycles. The van der Waals surface area contributed by atoms with E-state index >= 15 is 0 Å². The van der Waals surface area contributed by atoms with Crippen molar-refractivity contribution in [3.63, 3.8) is 0 Å². The largest absolute Gasteiger partial charge is 0.493 e. The van der Waals surface area contributed by atoms with E-state index in [0.717, 1.165) is 5.56 Å². The quantitative estimate of drug-likeness (QED) is 0.305. The Kier molecular flexibility index (Phi) is 8.84. The maximum atomic E-state index is 13.5. The molecule has 0 fully saturated rings. The topological polar surface area (TPSA) is 109 Å². The summed E-state index contributed by atoms with van der Waals surface area (Å²) in [5.74, 6) is 0.897. The standard InChI is InChI=1S/C26H27FN4O4.ClH/c1-4-18(14-32)29-24-23-19(12-21(34-2)25(24)35-3)26(33)31-22(30-23)10-15-8-9-20(28-13-15)16-6-5-7-17(27)11-16;/h5-9,11-13,18,29,32H,4,10,14H2,1-3H3,(H,30,31,33);1H. The number of aromatic nitrogens is 3. The molecule has 0 radical (unpaired) electrons. The Morgan fingerprint density at radius 1 is 1.17 bits per heavy atom. The summed E-state index contributed by atoms with van der Waals surface area (Å²) in [4.78, 5) is 25.0. The molecule has 0 amide bonds. The number of hydrogen-bond donors (Lipinski definition) is 3. The first-order chi connectivity index (χ1) is 17.0. The van der Waals surface area contributed by atoms with E-state index in [-0.39, 0.29) is 36.4 Å². The van der Waals surface area contributed by atoms with Gasteiger partial charge in [-0.3, -0.25) is 9.78 Å². The molecule has 0 bridgehead atoms. The number of nitrogens with zero attached hydrogens (tertiary/aromatic N) is 2. The smallest absolute Gasteiger partial charge is 0.258 e. The summed E-state index contributed by atoms with van der Waals surface area (Å²) >= 11 is 0. The summed E-state index contributed by atoms with van der Waals surface area (Å²) in [5.41, 5.74) is 2.72. The molecule has 0 spiro atoms. The second-order valence-corrected chi connectivity index (χ2v) is 8.07. The van der Waals surface area contributed by atoms with Crippen molar-refractivity contribution < 1.29 is 19.0 Å². The molecule has 2 heterocycles. The third-order valence-electron chi connectivity index (χ3n) is 5.77. The van der Waals surface area contributed by atoms with Crippen molar-refractivity contribution in [1.82, 2.24) is 15.0 Å². The fourth-order valence-corrected chi connectivity index (χ4v) is 3.87. The number of fused-ring (bicyclic) bond motifs is 1. The molecule has 0 saturated carbocycles. The lowest BCUT2D eigenvalue weighted by molar-refractivity contribution is 0.271. The van der Waals surface area contributed by atoms with Gasteiger partial charge in [0.1, 0.15) is 22.8 Å². The lowest BCUT2D eigenvalue weighted by atomic mass is 10.1. The number of pyridine rings is 1. The zero-order valence-electron chi connectivity index (χ0n) is 20.2. The summed E-state index contributed by atoms with van der Waals surface area (Å²) < 4.78 is 24.5. The lowest BCUT2D eigenvalue weighted by Crippen LogP contribution is -2.24. The van der Waals surface area contributed by atoms with Crippen LogP contribution in [0.25, 0.3) is 22.2 Å². The normalized spacial score (nSPS) is 11.6. The summed E-state index contributed by atoms with van der Waals surface area (Å²) in [6, 6.07) is 11.2. The molecule has 2 aromatic carbocycles. The molecular formula is C26H28ClFN4O4. The van der Waals surface area contributed by atoms with Gasteiger partial charge in [-0.15, -0.1) is 12.4 Å². The van der Waals surface area contributed by atoms with Crippen molar-refractivity contribution >= 4 is 29.0 Å². The minimum Gasteiger partial charge on any atom is -0.493 e. The minimum absolute atomic E-state index is 0. The lowest BCUT2D eigenvalue weighted by Gasteiger charge is -2.21. The van der Waals surface area contributed by atoms with E-state index in [2.05, 4.69) is 15.3 Å². The summed E-state index contributed by atoms with van der Waals surface area (Å²) in [6.45, 7) is 1.84. The number of methoxy groups -OCH3 is 2. The minimum atomic E-state index is -0.325. The van der Waals surface area contributed by atoms with Crippen molar-refractivity contribution in [2.24, 2.45) is 0 Å². The third kappa shape index (κ3) is 5.58. The number of H-pyrrole nitrogens is 1. The number of nitrogens with one attached hydrogen (secondary N) is 2. The zero-order valence-corrected chi connectivity index (χ0v) is 21.0. The highest BCUT2D eigenvalue weighted by atomic mass is 35.5. The Labute approximate surface area is 213 Å². The van der Waals surface area contributed by atoms with Crippen LogP contribution in [0.2, 0.25) is 0 Å². The fraction of sp³-hybridized carbons (Fsp3) is 0.269. The molecule has 4 aromatic rings. The van der Waals surface area contributed by atoms with Crippen LogP contribution in [0.1, 0.15) is 24.7 Å². The predicted molar refractivity (Wildman–Crippen MR) is 140 cm³/mol. The molecule has 3 N–H and O–H groups in total. The first kappa shape index (κ1) is 26.9. The van der Waals surface area contributed by atoms with Gasteiger partial charge in [0, 0.05) is 24.2 Å². The van der Waals surface area contributed by atoms with Crippen LogP contribution in [-0.4, -0.2) is 46.9 Å². The Bertz CT molecular complexity index is 1390. The van der Waals surface area contributed by atoms with Gasteiger partial charge in [0.15, 0.2) is 11.5 Å². The van der Waals surface area contributed by atoms with Crippen LogP contribution in [0.15, 0.2) is 53.5 Å². The van der Waals surface area contributed by atoms with Crippen LogP contribution in [0, 0.1) is 5.82 Å². The Morgan fingerprint density at radius 3 is 2.58 bits per heavy atom. The van der Waals surface area contributed by atoms with Crippen LogP contribution in [0.3, 0.4) is 0 Å². The Balaban J connectivity index is 0.00000361. The number of aliphatic hydroxyl groups excluding tert-OH is 1. The molecule has 1 unspecified atom stereocenters. The van der Waals surface area contributed by atoms with Crippen LogP contribution in [0.4, 0.5) is 10.1 Å². The van der Waals surface area contributed by atoms with E-state index in [9.17, 15) is 14.3 Å². The average molecular weight is 515 g/mol. The fourth-order valence-electron chi connectivity index (χ4n) is 3.87. The monoisotopic (exact) mass is 514 g/mol. The number of hydrogen-bond acceptors (Lipinski definition) is 7. The Morgan fingerprint density at radius 2 is 1.97 bits per heavy atom. The van der Waals surface area contributed by atoms with E-state index in [4.69, 9.17) is 14.5 Å². The number of ether oxygens (including phenoxy) is 2. The van der Waals surface area contributed by atoms with Gasteiger partial charge in [0.2, 0.25) is 0 Å². The summed E-state index contributed by atoms with van der Waals surface area (Å²) in [7, 11) is 3.00. The molecule has 0 aliphatic carbocycles. The number of anilines is 1. The molecule has 4 rings (SSSR count). The first-order valence-corrected chi connectivity index (χ1v) is 11.2. The highest BCUT2D eigenvalue weighted by Crippen LogP contribution is 2.40. The van der Waals surface area contributed by atoms with Crippen molar-refractivity contribution in [3.8, 4) is 22.8 Å². The molecule has 1 atom stereocenters. The third-order valence-corrected chi connectivity index (χ3v) is 5.77. The van der Waals surface area contributed by atoms with Gasteiger partial charge in [-0.05, 0) is 36.2 Å². The van der Waals surface area contributed by atoms with E-state index < -0.39 is 0 Å². The van der Waals surface area contributed by atoms with Gasteiger partial charge in [-0.1, -0.05) is 25.1 Å². The van der Waals surface area contributed by atoms with Crippen LogP contribution in [-0.2, 0) is 6.42 Å². The molecule has 36 heavy (non-hydrogen) atoms. The summed E-state index contributed by atoms with van der Waals surface area (Å²) in [5, 5.41) is 13.3. The van der Waals surface area contributed by atoms with Crippen LogP contribution < -0.4 is 20.3 Å². The molecule has 0 aliphatic rings. The van der Waals surface area contributed by atoms with Gasteiger partial charge in [-0.25, -0.2) is 9.37 Å². The number of aliphatic hydroxyl groups is 1. The van der Waals surface area contributed by atoms with Crippen LogP contribution in [0.5, 0.6) is 11.5 Å². The van der Waals surface area contributed by atoms with Gasteiger partial charge < -0.3 is 24.9 Å². The molecule has 10 heteroatoms. The van der Waals surface area contributed by atoms with Crippen LogP contribution >= 0.6 is 12.4 Å². The average Bonchev–Trinajstić information content (AvgIpc) is 2.87. The SMILES string of the molecule is CCC(CO)Nc1c(OC)c(OC)cc2c(=O)[nH]c(Cc3ccc(-c4cccc(F)c4)nc3)nc12.Cl. The molecule has 8 nitrogen and oxygen atoms in total. The van der Waals surface area contributed by atoms with E-state index in [1.54, 1.807) is 30.5 Å². The molecule has 0 aliphatic heterocycles. The number of benzene rings is 2. The number of aromatic amines is 1. The maximum absolute atomic E-state index is 13.5. The number of halogens is 2. The van der Waals surface area contributed by atoms with E-state index in [1.807, 2.05) is 13.0 Å². The Hall–Kier alpha value is -3.69. The first-order valence-electron chi connectivity index (χ1n) is 11.2. The maximum Gasteiger partial charge on any atom is 0.258 e. The highest BCUT2D eigenvalue weighted by molar-refractivity contribution is 5.96.